The van der Waals surface area contributed by atoms with Gasteiger partial charge in [-0.2, -0.15) is 4.98 Å². The molecule has 0 unspecified atom stereocenters. The van der Waals surface area contributed by atoms with Crippen LogP contribution < -0.4 is 5.69 Å². The van der Waals surface area contributed by atoms with Gasteiger partial charge < -0.3 is 0 Å². The molecular formula is C16H17ClN2OS. The van der Waals surface area contributed by atoms with Crippen LogP contribution in [0.2, 0.25) is 5.02 Å². The van der Waals surface area contributed by atoms with Crippen LogP contribution in [0.25, 0.3) is 0 Å². The molecule has 1 aromatic heterocycles. The number of aromatic nitrogens is 2. The maximum Gasteiger partial charge on any atom is 0.348 e. The van der Waals surface area contributed by atoms with Gasteiger partial charge in [0, 0.05) is 28.6 Å². The molecule has 0 saturated heterocycles. The van der Waals surface area contributed by atoms with Crippen molar-refractivity contribution in [1.29, 1.82) is 0 Å². The van der Waals surface area contributed by atoms with Crippen LogP contribution in [-0.4, -0.2) is 9.55 Å². The van der Waals surface area contributed by atoms with E-state index < -0.39 is 0 Å². The van der Waals surface area contributed by atoms with Crippen LogP contribution in [0.1, 0.15) is 30.2 Å². The van der Waals surface area contributed by atoms with Crippen molar-refractivity contribution < 1.29 is 0 Å². The molecule has 2 aromatic rings. The second-order valence-electron chi connectivity index (χ2n) is 5.10. The zero-order chi connectivity index (χ0) is 14.8. The van der Waals surface area contributed by atoms with E-state index in [9.17, 15) is 4.79 Å². The van der Waals surface area contributed by atoms with Crippen molar-refractivity contribution in [3.05, 3.63) is 56.6 Å². The Kier molecular flexibility index (Phi) is 4.36. The van der Waals surface area contributed by atoms with Crippen LogP contribution >= 0.6 is 23.4 Å². The standard InChI is InChI=1S/C16H17ClN2OS/c1-2-19-14-9-5-7-12(14)15(18-16(19)20)21-10-11-6-3-4-8-13(11)17/h3-4,6,8H,2,5,7,9-10H2,1H3. The summed E-state index contributed by atoms with van der Waals surface area (Å²) in [5.74, 6) is 0.745. The lowest BCUT2D eigenvalue weighted by molar-refractivity contribution is 0.645. The third-order valence-electron chi connectivity index (χ3n) is 3.84. The van der Waals surface area contributed by atoms with Gasteiger partial charge in [0.2, 0.25) is 0 Å². The van der Waals surface area contributed by atoms with Crippen LogP contribution in [0.15, 0.2) is 34.1 Å². The minimum absolute atomic E-state index is 0.125. The Bertz CT molecular complexity index is 727. The van der Waals surface area contributed by atoms with Crippen molar-refractivity contribution >= 4 is 23.4 Å². The van der Waals surface area contributed by atoms with Gasteiger partial charge in [0.15, 0.2) is 0 Å². The van der Waals surface area contributed by atoms with Gasteiger partial charge in [0.05, 0.1) is 0 Å². The fourth-order valence-electron chi connectivity index (χ4n) is 2.79. The smallest absolute Gasteiger partial charge is 0.296 e. The van der Waals surface area contributed by atoms with E-state index in [2.05, 4.69) is 4.98 Å². The first-order valence-corrected chi connectivity index (χ1v) is 8.56. The molecule has 5 heteroatoms. The molecule has 3 nitrogen and oxygen atoms in total. The van der Waals surface area contributed by atoms with Gasteiger partial charge in [-0.1, -0.05) is 29.8 Å². The van der Waals surface area contributed by atoms with E-state index in [-0.39, 0.29) is 5.69 Å². The molecular weight excluding hydrogens is 304 g/mol. The molecule has 3 rings (SSSR count). The van der Waals surface area contributed by atoms with Crippen LogP contribution in [-0.2, 0) is 25.1 Å². The van der Waals surface area contributed by atoms with Crippen molar-refractivity contribution in [2.24, 2.45) is 0 Å². The highest BCUT2D eigenvalue weighted by molar-refractivity contribution is 7.98. The highest BCUT2D eigenvalue weighted by Crippen LogP contribution is 2.32. The summed E-state index contributed by atoms with van der Waals surface area (Å²) in [5, 5.41) is 1.65. The summed E-state index contributed by atoms with van der Waals surface area (Å²) in [5.41, 5.74) is 3.39. The molecule has 21 heavy (non-hydrogen) atoms. The Labute approximate surface area is 133 Å². The van der Waals surface area contributed by atoms with E-state index in [1.807, 2.05) is 35.8 Å². The predicted molar refractivity (Wildman–Crippen MR) is 87.2 cm³/mol. The lowest BCUT2D eigenvalue weighted by Crippen LogP contribution is -2.26. The largest absolute Gasteiger partial charge is 0.348 e. The lowest BCUT2D eigenvalue weighted by atomic mass is 10.2. The Balaban J connectivity index is 1.90. The summed E-state index contributed by atoms with van der Waals surface area (Å²) in [6, 6.07) is 7.82. The van der Waals surface area contributed by atoms with Crippen molar-refractivity contribution in [1.82, 2.24) is 9.55 Å². The quantitative estimate of drug-likeness (QED) is 0.636. The molecule has 0 aliphatic heterocycles. The van der Waals surface area contributed by atoms with Gasteiger partial charge in [-0.05, 0) is 37.8 Å². The molecule has 1 aliphatic rings. The van der Waals surface area contributed by atoms with Gasteiger partial charge in [0.25, 0.3) is 0 Å². The van der Waals surface area contributed by atoms with Gasteiger partial charge in [-0.15, -0.1) is 11.8 Å². The molecule has 0 radical (unpaired) electrons. The molecule has 0 amide bonds. The highest BCUT2D eigenvalue weighted by atomic mass is 35.5. The number of hydrogen-bond acceptors (Lipinski definition) is 3. The van der Waals surface area contributed by atoms with E-state index in [1.54, 1.807) is 11.8 Å². The number of benzene rings is 1. The lowest BCUT2D eigenvalue weighted by Gasteiger charge is -2.12. The minimum atomic E-state index is -0.125. The fourth-order valence-corrected chi connectivity index (χ4v) is 4.16. The highest BCUT2D eigenvalue weighted by Gasteiger charge is 2.21. The second kappa shape index (κ2) is 6.24. The number of thioether (sulfide) groups is 1. The summed E-state index contributed by atoms with van der Waals surface area (Å²) in [6.45, 7) is 2.70. The summed E-state index contributed by atoms with van der Waals surface area (Å²) in [6.07, 6.45) is 3.12. The molecule has 0 N–H and O–H groups in total. The topological polar surface area (TPSA) is 34.9 Å². The van der Waals surface area contributed by atoms with Crippen molar-refractivity contribution in [3.8, 4) is 0 Å². The average Bonchev–Trinajstić information content (AvgIpc) is 2.95. The Hall–Kier alpha value is -1.26. The molecule has 0 spiro atoms. The molecule has 1 aromatic carbocycles. The molecule has 1 heterocycles. The summed E-state index contributed by atoms with van der Waals surface area (Å²) in [4.78, 5) is 16.4. The van der Waals surface area contributed by atoms with Gasteiger partial charge in [-0.3, -0.25) is 4.57 Å². The molecule has 0 fully saturated rings. The van der Waals surface area contributed by atoms with Crippen LogP contribution in [0.5, 0.6) is 0 Å². The zero-order valence-corrected chi connectivity index (χ0v) is 13.5. The van der Waals surface area contributed by atoms with Gasteiger partial charge in [-0.25, -0.2) is 4.79 Å². The summed E-state index contributed by atoms with van der Waals surface area (Å²) < 4.78 is 1.81. The first-order valence-electron chi connectivity index (χ1n) is 7.19. The molecule has 110 valence electrons. The summed E-state index contributed by atoms with van der Waals surface area (Å²) in [7, 11) is 0. The van der Waals surface area contributed by atoms with Crippen LogP contribution in [0.4, 0.5) is 0 Å². The normalized spacial score (nSPS) is 13.4. The van der Waals surface area contributed by atoms with Gasteiger partial charge >= 0.3 is 5.69 Å². The van der Waals surface area contributed by atoms with E-state index in [0.717, 1.165) is 40.6 Å². The molecule has 1 aliphatic carbocycles. The first kappa shape index (κ1) is 14.7. The monoisotopic (exact) mass is 320 g/mol. The second-order valence-corrected chi connectivity index (χ2v) is 6.47. The van der Waals surface area contributed by atoms with Gasteiger partial charge in [0.1, 0.15) is 5.03 Å². The third-order valence-corrected chi connectivity index (χ3v) is 5.27. The molecule has 0 atom stereocenters. The Morgan fingerprint density at radius 3 is 2.90 bits per heavy atom. The van der Waals surface area contributed by atoms with Crippen LogP contribution in [0.3, 0.4) is 0 Å². The number of nitrogens with zero attached hydrogens (tertiary/aromatic N) is 2. The molecule has 0 saturated carbocycles. The van der Waals surface area contributed by atoms with Crippen LogP contribution in [0, 0.1) is 0 Å². The number of hydrogen-bond donors (Lipinski definition) is 0. The SMILES string of the molecule is CCn1c2c(c(SCc3ccccc3Cl)nc1=O)CCC2. The number of halogens is 1. The average molecular weight is 321 g/mol. The van der Waals surface area contributed by atoms with E-state index in [0.29, 0.717) is 6.54 Å². The Morgan fingerprint density at radius 2 is 2.14 bits per heavy atom. The number of rotatable bonds is 4. The first-order chi connectivity index (χ1) is 10.2. The third kappa shape index (κ3) is 2.87. The van der Waals surface area contributed by atoms with Crippen molar-refractivity contribution in [2.45, 2.75) is 43.5 Å². The Morgan fingerprint density at radius 1 is 1.33 bits per heavy atom. The maximum absolute atomic E-state index is 12.1. The van der Waals surface area contributed by atoms with E-state index in [1.165, 1.54) is 11.3 Å². The van der Waals surface area contributed by atoms with E-state index in [4.69, 9.17) is 11.6 Å². The van der Waals surface area contributed by atoms with Crippen molar-refractivity contribution in [2.75, 3.05) is 0 Å². The fraction of sp³-hybridized carbons (Fsp3) is 0.375. The van der Waals surface area contributed by atoms with Crippen molar-refractivity contribution in [3.63, 3.8) is 0 Å². The maximum atomic E-state index is 12.1. The zero-order valence-electron chi connectivity index (χ0n) is 11.9. The van der Waals surface area contributed by atoms with E-state index >= 15 is 0 Å². The number of fused-ring (bicyclic) bond motifs is 1. The minimum Gasteiger partial charge on any atom is -0.296 e. The predicted octanol–water partition coefficient (Wildman–Crippen LogP) is 3.70. The molecule has 0 bridgehead atoms. The summed E-state index contributed by atoms with van der Waals surface area (Å²) >= 11 is 7.80.